The molecule has 3 amide bonds. The molecule has 1 saturated carbocycles. The molecular weight excluding hydrogens is 242 g/mol. The maximum Gasteiger partial charge on any atom is 0.325 e. The Hall–Kier alpha value is -1.57. The summed E-state index contributed by atoms with van der Waals surface area (Å²) in [5.41, 5.74) is -0.610. The lowest BCUT2D eigenvalue weighted by Crippen LogP contribution is -2.52. The van der Waals surface area contributed by atoms with Crippen molar-refractivity contribution < 1.29 is 9.59 Å². The van der Waals surface area contributed by atoms with Crippen molar-refractivity contribution in [2.75, 3.05) is 6.54 Å². The van der Waals surface area contributed by atoms with Crippen LogP contribution in [0.15, 0.2) is 0 Å². The van der Waals surface area contributed by atoms with Crippen LogP contribution in [-0.4, -0.2) is 28.9 Å². The van der Waals surface area contributed by atoms with Gasteiger partial charge < -0.3 is 4.90 Å². The molecule has 0 aromatic carbocycles. The Labute approximate surface area is 113 Å². The highest BCUT2D eigenvalue weighted by Crippen LogP contribution is 2.39. The fourth-order valence-corrected chi connectivity index (χ4v) is 3.36. The van der Waals surface area contributed by atoms with Crippen molar-refractivity contribution in [2.45, 2.75) is 57.4 Å². The molecule has 5 nitrogen and oxygen atoms in total. The Morgan fingerprint density at radius 2 is 2.26 bits per heavy atom. The molecule has 1 saturated heterocycles. The molecule has 19 heavy (non-hydrogen) atoms. The molecule has 2 unspecified atom stereocenters. The SMILES string of the molecule is CC1CCCC2(C1)C(=O)NC(=O)N2CCCCC#N. The Morgan fingerprint density at radius 1 is 1.47 bits per heavy atom. The molecule has 1 aliphatic heterocycles. The molecule has 1 heterocycles. The van der Waals surface area contributed by atoms with Gasteiger partial charge in [0, 0.05) is 13.0 Å². The first kappa shape index (κ1) is 13.9. The van der Waals surface area contributed by atoms with E-state index in [4.69, 9.17) is 5.26 Å². The van der Waals surface area contributed by atoms with Crippen molar-refractivity contribution in [3.8, 4) is 6.07 Å². The van der Waals surface area contributed by atoms with E-state index in [-0.39, 0.29) is 11.9 Å². The Morgan fingerprint density at radius 3 is 2.95 bits per heavy atom. The normalized spacial score (nSPS) is 30.5. The zero-order valence-corrected chi connectivity index (χ0v) is 11.4. The molecule has 1 N–H and O–H groups in total. The standard InChI is InChI=1S/C14H21N3O2/c1-11-6-5-7-14(10-11)12(18)16-13(19)17(14)9-4-2-3-8-15/h11H,2-7,9-10H2,1H3,(H,16,18,19). The third-order valence-corrected chi connectivity index (χ3v) is 4.30. The molecule has 2 aliphatic rings. The summed E-state index contributed by atoms with van der Waals surface area (Å²) in [7, 11) is 0. The average Bonchev–Trinajstić information content (AvgIpc) is 2.58. The topological polar surface area (TPSA) is 73.2 Å². The van der Waals surface area contributed by atoms with E-state index in [1.165, 1.54) is 0 Å². The summed E-state index contributed by atoms with van der Waals surface area (Å²) in [4.78, 5) is 25.9. The van der Waals surface area contributed by atoms with Gasteiger partial charge in [-0.05, 0) is 31.6 Å². The zero-order chi connectivity index (χ0) is 13.9. The molecule has 0 aromatic heterocycles. The quantitative estimate of drug-likeness (QED) is 0.624. The van der Waals surface area contributed by atoms with E-state index in [1.54, 1.807) is 4.90 Å². The summed E-state index contributed by atoms with van der Waals surface area (Å²) >= 11 is 0. The van der Waals surface area contributed by atoms with Gasteiger partial charge in [-0.15, -0.1) is 0 Å². The number of nitrogens with zero attached hydrogens (tertiary/aromatic N) is 2. The monoisotopic (exact) mass is 263 g/mol. The number of nitrogens with one attached hydrogen (secondary N) is 1. The molecule has 2 rings (SSSR count). The maximum absolute atomic E-state index is 12.2. The number of carbonyl (C=O) groups is 2. The van der Waals surface area contributed by atoms with Crippen molar-refractivity contribution in [3.05, 3.63) is 0 Å². The fourth-order valence-electron chi connectivity index (χ4n) is 3.36. The molecule has 0 bridgehead atoms. The Bertz CT molecular complexity index is 415. The van der Waals surface area contributed by atoms with Gasteiger partial charge in [0.2, 0.25) is 0 Å². The molecule has 0 radical (unpaired) electrons. The first-order chi connectivity index (χ1) is 9.10. The van der Waals surface area contributed by atoms with Crippen LogP contribution in [0.5, 0.6) is 0 Å². The summed E-state index contributed by atoms with van der Waals surface area (Å²) in [6, 6.07) is 1.85. The lowest BCUT2D eigenvalue weighted by molar-refractivity contribution is -0.129. The smallest absolute Gasteiger partial charge is 0.310 e. The van der Waals surface area contributed by atoms with Gasteiger partial charge in [0.1, 0.15) is 5.54 Å². The second kappa shape index (κ2) is 5.60. The van der Waals surface area contributed by atoms with E-state index in [0.717, 1.165) is 38.5 Å². The van der Waals surface area contributed by atoms with Crippen LogP contribution in [0, 0.1) is 17.2 Å². The van der Waals surface area contributed by atoms with Crippen LogP contribution in [-0.2, 0) is 4.79 Å². The summed E-state index contributed by atoms with van der Waals surface area (Å²) in [5, 5.41) is 11.0. The zero-order valence-electron chi connectivity index (χ0n) is 11.4. The van der Waals surface area contributed by atoms with Gasteiger partial charge in [-0.3, -0.25) is 10.1 Å². The highest BCUT2D eigenvalue weighted by molar-refractivity contribution is 6.07. The van der Waals surface area contributed by atoms with Gasteiger partial charge >= 0.3 is 6.03 Å². The number of hydrogen-bond acceptors (Lipinski definition) is 3. The number of imide groups is 1. The number of unbranched alkanes of at least 4 members (excludes halogenated alkanes) is 2. The van der Waals surface area contributed by atoms with Crippen molar-refractivity contribution in [1.29, 1.82) is 5.26 Å². The van der Waals surface area contributed by atoms with E-state index in [2.05, 4.69) is 18.3 Å². The number of rotatable bonds is 4. The predicted molar refractivity (Wildman–Crippen MR) is 70.1 cm³/mol. The van der Waals surface area contributed by atoms with E-state index < -0.39 is 5.54 Å². The third-order valence-electron chi connectivity index (χ3n) is 4.30. The van der Waals surface area contributed by atoms with Crippen molar-refractivity contribution in [3.63, 3.8) is 0 Å². The molecule has 1 spiro atoms. The van der Waals surface area contributed by atoms with E-state index >= 15 is 0 Å². The van der Waals surface area contributed by atoms with Crippen LogP contribution in [0.3, 0.4) is 0 Å². The molecular formula is C14H21N3O2. The average molecular weight is 263 g/mol. The van der Waals surface area contributed by atoms with E-state index in [1.807, 2.05) is 0 Å². The number of urea groups is 1. The van der Waals surface area contributed by atoms with Gasteiger partial charge in [0.05, 0.1) is 6.07 Å². The number of hydrogen-bond donors (Lipinski definition) is 1. The van der Waals surface area contributed by atoms with Crippen LogP contribution >= 0.6 is 0 Å². The summed E-state index contributed by atoms with van der Waals surface area (Å²) < 4.78 is 0. The Balaban J connectivity index is 2.07. The lowest BCUT2D eigenvalue weighted by atomic mass is 9.75. The second-order valence-corrected chi connectivity index (χ2v) is 5.76. The van der Waals surface area contributed by atoms with E-state index in [0.29, 0.717) is 18.9 Å². The van der Waals surface area contributed by atoms with Gasteiger partial charge in [0.15, 0.2) is 0 Å². The minimum atomic E-state index is -0.610. The van der Waals surface area contributed by atoms with Crippen LogP contribution in [0.4, 0.5) is 4.79 Å². The van der Waals surface area contributed by atoms with Gasteiger partial charge in [-0.1, -0.05) is 19.8 Å². The van der Waals surface area contributed by atoms with Crippen LogP contribution < -0.4 is 5.32 Å². The maximum atomic E-state index is 12.2. The molecule has 2 atom stereocenters. The summed E-state index contributed by atoms with van der Waals surface area (Å²) in [5.74, 6) is 0.358. The molecule has 1 aliphatic carbocycles. The van der Waals surface area contributed by atoms with Crippen molar-refractivity contribution in [2.24, 2.45) is 5.92 Å². The van der Waals surface area contributed by atoms with Crippen LogP contribution in [0.1, 0.15) is 51.9 Å². The van der Waals surface area contributed by atoms with Crippen molar-refractivity contribution >= 4 is 11.9 Å². The number of nitriles is 1. The molecule has 5 heteroatoms. The summed E-state index contributed by atoms with van der Waals surface area (Å²) in [6.07, 6.45) is 5.73. The van der Waals surface area contributed by atoms with Crippen LogP contribution in [0.2, 0.25) is 0 Å². The largest absolute Gasteiger partial charge is 0.325 e. The fraction of sp³-hybridized carbons (Fsp3) is 0.786. The first-order valence-corrected chi connectivity index (χ1v) is 7.10. The van der Waals surface area contributed by atoms with Crippen LogP contribution in [0.25, 0.3) is 0 Å². The number of amides is 3. The lowest BCUT2D eigenvalue weighted by Gasteiger charge is -2.40. The number of carbonyl (C=O) groups excluding carboxylic acids is 2. The Kier molecular flexibility index (Phi) is 4.08. The predicted octanol–water partition coefficient (Wildman–Crippen LogP) is 2.18. The summed E-state index contributed by atoms with van der Waals surface area (Å²) in [6.45, 7) is 2.72. The molecule has 104 valence electrons. The minimum absolute atomic E-state index is 0.121. The highest BCUT2D eigenvalue weighted by atomic mass is 16.2. The van der Waals surface area contributed by atoms with Crippen molar-refractivity contribution in [1.82, 2.24) is 10.2 Å². The molecule has 0 aromatic rings. The molecule has 2 fully saturated rings. The first-order valence-electron chi connectivity index (χ1n) is 7.10. The van der Waals surface area contributed by atoms with Gasteiger partial charge in [0.25, 0.3) is 5.91 Å². The van der Waals surface area contributed by atoms with E-state index in [9.17, 15) is 9.59 Å². The highest BCUT2D eigenvalue weighted by Gasteiger charge is 2.53. The van der Waals surface area contributed by atoms with Gasteiger partial charge in [-0.2, -0.15) is 5.26 Å². The minimum Gasteiger partial charge on any atom is -0.310 e. The third kappa shape index (κ3) is 2.58. The van der Waals surface area contributed by atoms with Gasteiger partial charge in [-0.25, -0.2) is 4.79 Å². The second-order valence-electron chi connectivity index (χ2n) is 5.76.